The summed E-state index contributed by atoms with van der Waals surface area (Å²) in [6.07, 6.45) is 0. The third-order valence-corrected chi connectivity index (χ3v) is 2.06. The summed E-state index contributed by atoms with van der Waals surface area (Å²) in [5.74, 6) is 0. The SMILES string of the molecule is CNc1ccc([N+](=O)[O-])cc1CN(C)C. The fraction of sp³-hybridized carbons (Fsp3) is 0.400. The number of rotatable bonds is 4. The molecule has 0 amide bonds. The van der Waals surface area contributed by atoms with Crippen molar-refractivity contribution in [1.29, 1.82) is 0 Å². The Labute approximate surface area is 88.9 Å². The maximum Gasteiger partial charge on any atom is 0.269 e. The van der Waals surface area contributed by atoms with Crippen LogP contribution in [0, 0.1) is 10.1 Å². The number of non-ortho nitro benzene ring substituents is 1. The Balaban J connectivity index is 3.07. The summed E-state index contributed by atoms with van der Waals surface area (Å²) >= 11 is 0. The molecule has 5 nitrogen and oxygen atoms in total. The van der Waals surface area contributed by atoms with Crippen LogP contribution >= 0.6 is 0 Å². The molecule has 0 unspecified atom stereocenters. The molecular formula is C10H15N3O2. The van der Waals surface area contributed by atoms with Gasteiger partial charge < -0.3 is 10.2 Å². The highest BCUT2D eigenvalue weighted by molar-refractivity contribution is 5.55. The zero-order valence-electron chi connectivity index (χ0n) is 9.15. The van der Waals surface area contributed by atoms with Crippen LogP contribution in [0.5, 0.6) is 0 Å². The van der Waals surface area contributed by atoms with E-state index >= 15 is 0 Å². The van der Waals surface area contributed by atoms with Crippen LogP contribution in [0.1, 0.15) is 5.56 Å². The van der Waals surface area contributed by atoms with E-state index in [0.29, 0.717) is 6.54 Å². The zero-order valence-corrected chi connectivity index (χ0v) is 9.15. The molecule has 0 saturated heterocycles. The van der Waals surface area contributed by atoms with Gasteiger partial charge in [-0.05, 0) is 25.7 Å². The highest BCUT2D eigenvalue weighted by atomic mass is 16.6. The van der Waals surface area contributed by atoms with Gasteiger partial charge in [-0.25, -0.2) is 0 Å². The lowest BCUT2D eigenvalue weighted by atomic mass is 10.1. The van der Waals surface area contributed by atoms with Crippen molar-refractivity contribution in [3.05, 3.63) is 33.9 Å². The van der Waals surface area contributed by atoms with Gasteiger partial charge in [0.05, 0.1) is 4.92 Å². The molecule has 1 aromatic rings. The summed E-state index contributed by atoms with van der Waals surface area (Å²) in [5, 5.41) is 13.6. The molecule has 0 saturated carbocycles. The minimum atomic E-state index is -0.376. The molecule has 1 N–H and O–H groups in total. The number of nitro benzene ring substituents is 1. The summed E-state index contributed by atoms with van der Waals surface area (Å²) in [6.45, 7) is 0.678. The van der Waals surface area contributed by atoms with E-state index in [1.54, 1.807) is 19.2 Å². The molecule has 0 spiro atoms. The third kappa shape index (κ3) is 2.92. The number of hydrogen-bond acceptors (Lipinski definition) is 4. The zero-order chi connectivity index (χ0) is 11.4. The van der Waals surface area contributed by atoms with Crippen molar-refractivity contribution in [2.75, 3.05) is 26.5 Å². The minimum Gasteiger partial charge on any atom is -0.388 e. The maximum absolute atomic E-state index is 10.6. The predicted octanol–water partition coefficient (Wildman–Crippen LogP) is 1.70. The summed E-state index contributed by atoms with van der Waals surface area (Å²) in [5.41, 5.74) is 1.98. The Morgan fingerprint density at radius 1 is 1.47 bits per heavy atom. The van der Waals surface area contributed by atoms with Gasteiger partial charge in [0.15, 0.2) is 0 Å². The Hall–Kier alpha value is -1.62. The molecule has 1 aromatic carbocycles. The number of anilines is 1. The summed E-state index contributed by atoms with van der Waals surface area (Å²) < 4.78 is 0. The second-order valence-electron chi connectivity index (χ2n) is 3.59. The number of nitrogens with one attached hydrogen (secondary N) is 1. The van der Waals surface area contributed by atoms with Gasteiger partial charge in [0, 0.05) is 31.4 Å². The maximum atomic E-state index is 10.6. The Kier molecular flexibility index (Phi) is 3.62. The molecular weight excluding hydrogens is 194 g/mol. The quantitative estimate of drug-likeness (QED) is 0.605. The van der Waals surface area contributed by atoms with Crippen LogP contribution in [0.2, 0.25) is 0 Å². The lowest BCUT2D eigenvalue weighted by Gasteiger charge is -2.13. The number of nitro groups is 1. The van der Waals surface area contributed by atoms with Crippen molar-refractivity contribution in [2.45, 2.75) is 6.54 Å². The average Bonchev–Trinajstić information content (AvgIpc) is 2.16. The first-order valence-electron chi connectivity index (χ1n) is 4.64. The smallest absolute Gasteiger partial charge is 0.269 e. The standard InChI is InChI=1S/C10H15N3O2/c1-11-10-5-4-9(13(14)15)6-8(10)7-12(2)3/h4-6,11H,7H2,1-3H3. The molecule has 0 fully saturated rings. The Bertz CT molecular complexity index is 364. The van der Waals surface area contributed by atoms with E-state index in [1.807, 2.05) is 19.0 Å². The Morgan fingerprint density at radius 2 is 2.13 bits per heavy atom. The van der Waals surface area contributed by atoms with Gasteiger partial charge in [-0.1, -0.05) is 0 Å². The van der Waals surface area contributed by atoms with Crippen LogP contribution in [0.25, 0.3) is 0 Å². The van der Waals surface area contributed by atoms with E-state index in [9.17, 15) is 10.1 Å². The highest BCUT2D eigenvalue weighted by Gasteiger charge is 2.10. The van der Waals surface area contributed by atoms with Crippen LogP contribution < -0.4 is 5.32 Å². The Morgan fingerprint density at radius 3 is 2.60 bits per heavy atom. The fourth-order valence-corrected chi connectivity index (χ4v) is 1.41. The number of nitrogens with zero attached hydrogens (tertiary/aromatic N) is 2. The second-order valence-corrected chi connectivity index (χ2v) is 3.59. The van der Waals surface area contributed by atoms with Gasteiger partial charge in [0.1, 0.15) is 0 Å². The highest BCUT2D eigenvalue weighted by Crippen LogP contribution is 2.22. The van der Waals surface area contributed by atoms with E-state index < -0.39 is 0 Å². The monoisotopic (exact) mass is 209 g/mol. The minimum absolute atomic E-state index is 0.130. The third-order valence-electron chi connectivity index (χ3n) is 2.06. The molecule has 0 heterocycles. The van der Waals surface area contributed by atoms with Gasteiger partial charge >= 0.3 is 0 Å². The van der Waals surface area contributed by atoms with Gasteiger partial charge in [-0.2, -0.15) is 0 Å². The van der Waals surface area contributed by atoms with Crippen molar-refractivity contribution in [3.8, 4) is 0 Å². The first-order valence-corrected chi connectivity index (χ1v) is 4.64. The second kappa shape index (κ2) is 4.75. The average molecular weight is 209 g/mol. The van der Waals surface area contributed by atoms with Gasteiger partial charge in [0.2, 0.25) is 0 Å². The van der Waals surface area contributed by atoms with Crippen LogP contribution in [0.15, 0.2) is 18.2 Å². The summed E-state index contributed by atoms with van der Waals surface area (Å²) in [6, 6.07) is 4.84. The normalized spacial score (nSPS) is 10.4. The molecule has 0 atom stereocenters. The van der Waals surface area contributed by atoms with Crippen LogP contribution in [-0.2, 0) is 6.54 Å². The van der Waals surface area contributed by atoms with Crippen molar-refractivity contribution in [1.82, 2.24) is 4.90 Å². The van der Waals surface area contributed by atoms with Crippen molar-refractivity contribution < 1.29 is 4.92 Å². The van der Waals surface area contributed by atoms with Gasteiger partial charge in [0.25, 0.3) is 5.69 Å². The van der Waals surface area contributed by atoms with Gasteiger partial charge in [-0.3, -0.25) is 10.1 Å². The molecule has 0 bridgehead atoms. The molecule has 15 heavy (non-hydrogen) atoms. The molecule has 0 aliphatic rings. The van der Waals surface area contributed by atoms with Crippen LogP contribution in [0.3, 0.4) is 0 Å². The lowest BCUT2D eigenvalue weighted by Crippen LogP contribution is -2.12. The predicted molar refractivity (Wildman–Crippen MR) is 60.0 cm³/mol. The summed E-state index contributed by atoms with van der Waals surface area (Å²) in [4.78, 5) is 12.2. The van der Waals surface area contributed by atoms with E-state index in [0.717, 1.165) is 11.3 Å². The number of hydrogen-bond donors (Lipinski definition) is 1. The van der Waals surface area contributed by atoms with Crippen molar-refractivity contribution >= 4 is 11.4 Å². The lowest BCUT2D eigenvalue weighted by molar-refractivity contribution is -0.384. The van der Waals surface area contributed by atoms with E-state index in [-0.39, 0.29) is 10.6 Å². The first kappa shape index (κ1) is 11.5. The fourth-order valence-electron chi connectivity index (χ4n) is 1.41. The van der Waals surface area contributed by atoms with Gasteiger partial charge in [-0.15, -0.1) is 0 Å². The van der Waals surface area contributed by atoms with Crippen molar-refractivity contribution in [3.63, 3.8) is 0 Å². The van der Waals surface area contributed by atoms with E-state index in [4.69, 9.17) is 0 Å². The molecule has 0 radical (unpaired) electrons. The topological polar surface area (TPSA) is 58.4 Å². The molecule has 0 aromatic heterocycles. The number of benzene rings is 1. The van der Waals surface area contributed by atoms with Crippen LogP contribution in [-0.4, -0.2) is 31.0 Å². The van der Waals surface area contributed by atoms with Crippen LogP contribution in [0.4, 0.5) is 11.4 Å². The first-order chi connectivity index (χ1) is 7.04. The van der Waals surface area contributed by atoms with E-state index in [2.05, 4.69) is 5.32 Å². The summed E-state index contributed by atoms with van der Waals surface area (Å²) in [7, 11) is 5.66. The molecule has 0 aliphatic carbocycles. The largest absolute Gasteiger partial charge is 0.388 e. The molecule has 1 rings (SSSR count). The molecule has 5 heteroatoms. The van der Waals surface area contributed by atoms with Crippen molar-refractivity contribution in [2.24, 2.45) is 0 Å². The molecule has 82 valence electrons. The van der Waals surface area contributed by atoms with E-state index in [1.165, 1.54) is 6.07 Å². The molecule has 0 aliphatic heterocycles.